The van der Waals surface area contributed by atoms with E-state index in [0.717, 1.165) is 9.37 Å². The maximum atomic E-state index is 11.7. The quantitative estimate of drug-likeness (QED) is 0.869. The van der Waals surface area contributed by atoms with Gasteiger partial charge in [0.05, 0.1) is 12.7 Å². The van der Waals surface area contributed by atoms with Crippen molar-refractivity contribution in [2.45, 2.75) is 9.79 Å². The Labute approximate surface area is 123 Å². The summed E-state index contributed by atoms with van der Waals surface area (Å²) in [6, 6.07) is 9.29. The second-order valence-corrected chi connectivity index (χ2v) is 5.69. The average Bonchev–Trinajstić information content (AvgIpc) is 2.40. The number of rotatable bonds is 3. The third kappa shape index (κ3) is 3.48. The topological polar surface area (TPSA) is 65.2 Å². The van der Waals surface area contributed by atoms with Gasteiger partial charge in [-0.3, -0.25) is 0 Å². The maximum Gasteiger partial charge on any atom is 0.339 e. The number of pyridine rings is 1. The van der Waals surface area contributed by atoms with Crippen molar-refractivity contribution >= 4 is 39.5 Å². The fraction of sp³-hybridized carbons (Fsp3) is 0.0769. The number of hydrogen-bond acceptors (Lipinski definition) is 5. The van der Waals surface area contributed by atoms with Crippen LogP contribution in [0, 0.1) is 0 Å². The van der Waals surface area contributed by atoms with Crippen molar-refractivity contribution in [1.29, 1.82) is 0 Å². The Morgan fingerprint density at radius 2 is 2.21 bits per heavy atom. The molecule has 0 radical (unpaired) electrons. The zero-order valence-electron chi connectivity index (χ0n) is 10.1. The zero-order valence-corrected chi connectivity index (χ0v) is 12.5. The van der Waals surface area contributed by atoms with Crippen LogP contribution in [0.3, 0.4) is 0 Å². The van der Waals surface area contributed by atoms with Crippen LogP contribution in [-0.4, -0.2) is 18.1 Å². The molecule has 0 unspecified atom stereocenters. The summed E-state index contributed by atoms with van der Waals surface area (Å²) in [6.45, 7) is 0. The fourth-order valence-electron chi connectivity index (χ4n) is 1.47. The van der Waals surface area contributed by atoms with Crippen LogP contribution in [0.15, 0.2) is 50.8 Å². The van der Waals surface area contributed by atoms with Crippen LogP contribution in [0.2, 0.25) is 0 Å². The number of halogens is 1. The Balaban J connectivity index is 2.37. The summed E-state index contributed by atoms with van der Waals surface area (Å²) in [6.07, 6.45) is 1.58. The van der Waals surface area contributed by atoms with E-state index in [2.05, 4.69) is 20.9 Å². The van der Waals surface area contributed by atoms with E-state index in [1.165, 1.54) is 24.9 Å². The van der Waals surface area contributed by atoms with E-state index < -0.39 is 5.97 Å². The average molecular weight is 339 g/mol. The number of hydrogen-bond donors (Lipinski definition) is 1. The van der Waals surface area contributed by atoms with E-state index in [9.17, 15) is 4.79 Å². The maximum absolute atomic E-state index is 11.7. The predicted molar refractivity (Wildman–Crippen MR) is 78.3 cm³/mol. The standard InChI is InChI=1S/C13H11BrN2O2S/c1-18-13(17)10-6-12(15)16-7-11(10)19-9-4-2-3-8(14)5-9/h2-7H,1H3,(H2,15,16). The highest BCUT2D eigenvalue weighted by Gasteiger charge is 2.14. The van der Waals surface area contributed by atoms with Crippen LogP contribution >= 0.6 is 27.7 Å². The van der Waals surface area contributed by atoms with E-state index in [0.29, 0.717) is 16.3 Å². The number of anilines is 1. The Kier molecular flexibility index (Phi) is 4.44. The van der Waals surface area contributed by atoms with Crippen molar-refractivity contribution < 1.29 is 9.53 Å². The first-order chi connectivity index (χ1) is 9.10. The molecule has 0 aliphatic heterocycles. The second kappa shape index (κ2) is 6.08. The molecule has 0 saturated heterocycles. The van der Waals surface area contributed by atoms with Gasteiger partial charge in [0.1, 0.15) is 5.82 Å². The molecule has 1 aromatic carbocycles. The molecule has 0 saturated carbocycles. The van der Waals surface area contributed by atoms with Gasteiger partial charge in [0.15, 0.2) is 0 Å². The van der Waals surface area contributed by atoms with Gasteiger partial charge in [0, 0.05) is 20.5 Å². The minimum absolute atomic E-state index is 0.291. The first-order valence-corrected chi connectivity index (χ1v) is 6.98. The molecule has 2 aromatic rings. The highest BCUT2D eigenvalue weighted by molar-refractivity contribution is 9.10. The number of carbonyl (C=O) groups is 1. The van der Waals surface area contributed by atoms with Crippen LogP contribution in [0.5, 0.6) is 0 Å². The first kappa shape index (κ1) is 13.9. The highest BCUT2D eigenvalue weighted by atomic mass is 79.9. The summed E-state index contributed by atoms with van der Waals surface area (Å²) in [4.78, 5) is 17.4. The number of aromatic nitrogens is 1. The molecule has 2 rings (SSSR count). The zero-order chi connectivity index (χ0) is 13.8. The number of ether oxygens (including phenoxy) is 1. The van der Waals surface area contributed by atoms with Gasteiger partial charge in [0.2, 0.25) is 0 Å². The Morgan fingerprint density at radius 3 is 2.89 bits per heavy atom. The lowest BCUT2D eigenvalue weighted by Gasteiger charge is -2.08. The summed E-state index contributed by atoms with van der Waals surface area (Å²) in [5.41, 5.74) is 6.02. The van der Waals surface area contributed by atoms with Crippen LogP contribution in [0.4, 0.5) is 5.82 Å². The molecule has 98 valence electrons. The van der Waals surface area contributed by atoms with E-state index in [4.69, 9.17) is 10.5 Å². The number of methoxy groups -OCH3 is 1. The molecule has 0 amide bonds. The van der Waals surface area contributed by atoms with Crippen LogP contribution in [-0.2, 0) is 4.74 Å². The number of nitrogens with two attached hydrogens (primary N) is 1. The third-order valence-electron chi connectivity index (χ3n) is 2.32. The van der Waals surface area contributed by atoms with E-state index >= 15 is 0 Å². The normalized spacial score (nSPS) is 10.2. The van der Waals surface area contributed by atoms with Crippen molar-refractivity contribution in [3.8, 4) is 0 Å². The molecule has 6 heteroatoms. The molecule has 0 bridgehead atoms. The third-order valence-corrected chi connectivity index (χ3v) is 3.85. The van der Waals surface area contributed by atoms with E-state index in [-0.39, 0.29) is 0 Å². The van der Waals surface area contributed by atoms with Gasteiger partial charge >= 0.3 is 5.97 Å². The minimum Gasteiger partial charge on any atom is -0.465 e. The molecular formula is C13H11BrN2O2S. The summed E-state index contributed by atoms with van der Waals surface area (Å²) in [5, 5.41) is 0. The molecule has 1 heterocycles. The fourth-order valence-corrected chi connectivity index (χ4v) is 2.96. The first-order valence-electron chi connectivity index (χ1n) is 5.37. The Morgan fingerprint density at radius 1 is 1.42 bits per heavy atom. The lowest BCUT2D eigenvalue weighted by atomic mass is 10.2. The number of benzene rings is 1. The largest absolute Gasteiger partial charge is 0.465 e. The smallest absolute Gasteiger partial charge is 0.339 e. The lowest BCUT2D eigenvalue weighted by Crippen LogP contribution is -2.05. The number of nitrogen functional groups attached to an aromatic ring is 1. The van der Waals surface area contributed by atoms with Gasteiger partial charge in [0.25, 0.3) is 0 Å². The summed E-state index contributed by atoms with van der Waals surface area (Å²) in [7, 11) is 1.34. The van der Waals surface area contributed by atoms with Crippen molar-refractivity contribution in [2.24, 2.45) is 0 Å². The molecule has 0 atom stereocenters. The van der Waals surface area contributed by atoms with Crippen molar-refractivity contribution in [3.05, 3.63) is 46.6 Å². The predicted octanol–water partition coefficient (Wildman–Crippen LogP) is 3.36. The van der Waals surface area contributed by atoms with Gasteiger partial charge in [-0.2, -0.15) is 0 Å². The highest BCUT2D eigenvalue weighted by Crippen LogP contribution is 2.32. The summed E-state index contributed by atoms with van der Waals surface area (Å²) < 4.78 is 5.72. The molecule has 1 aromatic heterocycles. The Bertz CT molecular complexity index is 619. The lowest BCUT2D eigenvalue weighted by molar-refractivity contribution is 0.0596. The molecule has 19 heavy (non-hydrogen) atoms. The molecule has 0 fully saturated rings. The van der Waals surface area contributed by atoms with E-state index in [1.54, 1.807) is 6.20 Å². The molecule has 4 nitrogen and oxygen atoms in total. The van der Waals surface area contributed by atoms with Gasteiger partial charge in [-0.1, -0.05) is 33.8 Å². The minimum atomic E-state index is -0.424. The van der Waals surface area contributed by atoms with E-state index in [1.807, 2.05) is 24.3 Å². The van der Waals surface area contributed by atoms with Crippen molar-refractivity contribution in [3.63, 3.8) is 0 Å². The molecule has 2 N–H and O–H groups in total. The number of nitrogens with zero attached hydrogens (tertiary/aromatic N) is 1. The number of esters is 1. The SMILES string of the molecule is COC(=O)c1cc(N)ncc1Sc1cccc(Br)c1. The van der Waals surface area contributed by atoms with Gasteiger partial charge in [-0.15, -0.1) is 0 Å². The van der Waals surface area contributed by atoms with Crippen LogP contribution < -0.4 is 5.73 Å². The monoisotopic (exact) mass is 338 g/mol. The van der Waals surface area contributed by atoms with Gasteiger partial charge in [-0.25, -0.2) is 9.78 Å². The number of carbonyl (C=O) groups excluding carboxylic acids is 1. The van der Waals surface area contributed by atoms with Crippen LogP contribution in [0.25, 0.3) is 0 Å². The molecular weight excluding hydrogens is 328 g/mol. The molecule has 0 spiro atoms. The Hall–Kier alpha value is -1.53. The molecule has 0 aliphatic carbocycles. The second-order valence-electron chi connectivity index (χ2n) is 3.66. The van der Waals surface area contributed by atoms with Gasteiger partial charge < -0.3 is 10.5 Å². The van der Waals surface area contributed by atoms with Crippen LogP contribution in [0.1, 0.15) is 10.4 Å². The van der Waals surface area contributed by atoms with Gasteiger partial charge in [-0.05, 0) is 24.3 Å². The van der Waals surface area contributed by atoms with Crippen molar-refractivity contribution in [1.82, 2.24) is 4.98 Å². The molecule has 0 aliphatic rings. The summed E-state index contributed by atoms with van der Waals surface area (Å²) >= 11 is 4.84. The summed E-state index contributed by atoms with van der Waals surface area (Å²) in [5.74, 6) is -0.134. The van der Waals surface area contributed by atoms with Crippen molar-refractivity contribution in [2.75, 3.05) is 12.8 Å².